The lowest BCUT2D eigenvalue weighted by molar-refractivity contribution is 0.186. The lowest BCUT2D eigenvalue weighted by atomic mass is 9.77. The number of anilines is 1. The van der Waals surface area contributed by atoms with Crippen LogP contribution >= 0.6 is 0 Å². The van der Waals surface area contributed by atoms with Gasteiger partial charge in [-0.2, -0.15) is 0 Å². The fourth-order valence-corrected chi connectivity index (χ4v) is 4.07. The molecule has 0 spiro atoms. The van der Waals surface area contributed by atoms with Crippen LogP contribution < -0.4 is 4.90 Å². The molecule has 1 fully saturated rings. The Labute approximate surface area is 120 Å². The van der Waals surface area contributed by atoms with E-state index >= 15 is 0 Å². The molecule has 3 aliphatic rings. The summed E-state index contributed by atoms with van der Waals surface area (Å²) in [6.45, 7) is 5.10. The normalized spacial score (nSPS) is 27.9. The minimum Gasteiger partial charge on any atom is -0.370 e. The summed E-state index contributed by atoms with van der Waals surface area (Å²) in [7, 11) is 2.27. The van der Waals surface area contributed by atoms with Gasteiger partial charge in [-0.3, -0.25) is 0 Å². The number of rotatable bonds is 0. The van der Waals surface area contributed by atoms with Gasteiger partial charge in [-0.15, -0.1) is 0 Å². The lowest BCUT2D eigenvalue weighted by Crippen LogP contribution is -2.45. The van der Waals surface area contributed by atoms with Crippen molar-refractivity contribution in [2.24, 2.45) is 5.92 Å². The maximum Gasteiger partial charge on any atom is 0.0435 e. The quantitative estimate of drug-likeness (QED) is 0.660. The number of nitrogens with zero attached hydrogens (tertiary/aromatic N) is 2. The smallest absolute Gasteiger partial charge is 0.0435 e. The van der Waals surface area contributed by atoms with E-state index in [0.29, 0.717) is 0 Å². The van der Waals surface area contributed by atoms with E-state index in [1.807, 2.05) is 0 Å². The molecular formula is C16H26BN2. The highest BCUT2D eigenvalue weighted by molar-refractivity contribution is 5.75. The molecule has 3 heterocycles. The molecule has 19 heavy (non-hydrogen) atoms. The molecule has 1 aromatic rings. The molecule has 3 heteroatoms. The first kappa shape index (κ1) is 14.5. The van der Waals surface area contributed by atoms with Crippen LogP contribution in [0, 0.1) is 5.92 Å². The summed E-state index contributed by atoms with van der Waals surface area (Å²) in [5.41, 5.74) is 4.83. The van der Waals surface area contributed by atoms with Crippen molar-refractivity contribution < 1.29 is 1.43 Å². The van der Waals surface area contributed by atoms with Crippen molar-refractivity contribution in [1.29, 1.82) is 0 Å². The highest BCUT2D eigenvalue weighted by atomic mass is 15.2. The Hall–Kier alpha value is -0.955. The van der Waals surface area contributed by atoms with E-state index < -0.39 is 0 Å². The van der Waals surface area contributed by atoms with Crippen molar-refractivity contribution in [3.8, 4) is 0 Å². The molecule has 0 amide bonds. The first-order chi connectivity index (χ1) is 8.33. The van der Waals surface area contributed by atoms with Gasteiger partial charge in [-0.05, 0) is 43.5 Å². The van der Waals surface area contributed by atoms with E-state index in [1.165, 1.54) is 39.0 Å². The van der Waals surface area contributed by atoms with Crippen molar-refractivity contribution in [3.05, 3.63) is 29.3 Å². The van der Waals surface area contributed by atoms with Gasteiger partial charge in [0.15, 0.2) is 0 Å². The molecule has 3 radical (unpaired) electrons. The number of piperidine rings is 1. The maximum atomic E-state index is 2.65. The van der Waals surface area contributed by atoms with Gasteiger partial charge in [-0.25, -0.2) is 0 Å². The van der Waals surface area contributed by atoms with Crippen molar-refractivity contribution >= 4 is 14.1 Å². The van der Waals surface area contributed by atoms with E-state index in [9.17, 15) is 0 Å². The summed E-state index contributed by atoms with van der Waals surface area (Å²) in [5.74, 6) is 1.69. The second-order valence-corrected chi connectivity index (χ2v) is 5.97. The molecule has 0 aromatic heterocycles. The molecule has 0 bridgehead atoms. The predicted octanol–water partition coefficient (Wildman–Crippen LogP) is 2.60. The fourth-order valence-electron chi connectivity index (χ4n) is 4.07. The van der Waals surface area contributed by atoms with Gasteiger partial charge in [0.2, 0.25) is 0 Å². The molecule has 0 aliphatic carbocycles. The average Bonchev–Trinajstić information content (AvgIpc) is 2.75. The van der Waals surface area contributed by atoms with E-state index in [2.05, 4.69) is 35.0 Å². The number of likely N-dealkylation sites (tertiary alicyclic amines) is 1. The summed E-state index contributed by atoms with van der Waals surface area (Å²) < 4.78 is 0. The molecular weight excluding hydrogens is 231 g/mol. The molecule has 3 aliphatic heterocycles. The van der Waals surface area contributed by atoms with Crippen LogP contribution in [0.3, 0.4) is 0 Å². The average molecular weight is 258 g/mol. The number of para-hydroxylation sites is 1. The summed E-state index contributed by atoms with van der Waals surface area (Å²) in [4.78, 5) is 5.16. The van der Waals surface area contributed by atoms with Crippen molar-refractivity contribution in [3.63, 3.8) is 0 Å². The third-order valence-corrected chi connectivity index (χ3v) is 4.93. The number of likely N-dealkylation sites (N-methyl/N-ethyl adjacent to an activating group) is 1. The van der Waals surface area contributed by atoms with Gasteiger partial charge >= 0.3 is 0 Å². The SMILES string of the molecule is C.CN1CCC2CN3CCc4cccc(c43)C2C1.[2HH].[B]. The first-order valence-corrected chi connectivity index (χ1v) is 6.88. The Morgan fingerprint density at radius 2 is 2.05 bits per heavy atom. The van der Waals surface area contributed by atoms with E-state index in [4.69, 9.17) is 0 Å². The summed E-state index contributed by atoms with van der Waals surface area (Å²) >= 11 is 0. The van der Waals surface area contributed by atoms with Crippen LogP contribution in [0.4, 0.5) is 5.69 Å². The summed E-state index contributed by atoms with van der Waals surface area (Å²) in [6.07, 6.45) is 2.64. The molecule has 1 saturated heterocycles. The van der Waals surface area contributed by atoms with Gasteiger partial charge in [0.25, 0.3) is 0 Å². The highest BCUT2D eigenvalue weighted by Crippen LogP contribution is 2.46. The van der Waals surface area contributed by atoms with Gasteiger partial charge in [0.1, 0.15) is 0 Å². The Kier molecular flexibility index (Phi) is 3.96. The Bertz CT molecular complexity index is 466. The van der Waals surface area contributed by atoms with Gasteiger partial charge < -0.3 is 9.80 Å². The number of hydrogen-bond acceptors (Lipinski definition) is 2. The van der Waals surface area contributed by atoms with Crippen LogP contribution in [0.25, 0.3) is 0 Å². The van der Waals surface area contributed by atoms with Crippen molar-refractivity contribution in [1.82, 2.24) is 4.90 Å². The summed E-state index contributed by atoms with van der Waals surface area (Å²) in [6, 6.07) is 6.98. The standard InChI is InChI=1S/C15H20N2.CH4.B.H2/c1-16-7-5-12-9-17-8-6-11-3-2-4-13(15(11)17)14(12)10-16;;;/h2-4,12,14H,5-10H2,1H3;1H4;;1H/i;;;1+1. The Balaban J connectivity index is 0.000000667. The number of hydrogen-bond donors (Lipinski definition) is 0. The molecule has 103 valence electrons. The van der Waals surface area contributed by atoms with E-state index in [-0.39, 0.29) is 17.3 Å². The molecule has 4 rings (SSSR count). The number of fused-ring (bicyclic) bond motifs is 2. The molecule has 2 unspecified atom stereocenters. The van der Waals surface area contributed by atoms with Crippen LogP contribution in [-0.2, 0) is 6.42 Å². The Morgan fingerprint density at radius 3 is 2.89 bits per heavy atom. The second-order valence-electron chi connectivity index (χ2n) is 5.97. The third kappa shape index (κ3) is 2.08. The van der Waals surface area contributed by atoms with Crippen LogP contribution in [0.15, 0.2) is 18.2 Å². The van der Waals surface area contributed by atoms with Gasteiger partial charge in [0, 0.05) is 41.1 Å². The van der Waals surface area contributed by atoms with Crippen LogP contribution in [0.2, 0.25) is 0 Å². The lowest BCUT2D eigenvalue weighted by Gasteiger charge is -2.44. The largest absolute Gasteiger partial charge is 0.370 e. The topological polar surface area (TPSA) is 6.48 Å². The van der Waals surface area contributed by atoms with Gasteiger partial charge in [-0.1, -0.05) is 25.6 Å². The molecule has 0 saturated carbocycles. The van der Waals surface area contributed by atoms with Gasteiger partial charge in [0.05, 0.1) is 0 Å². The Morgan fingerprint density at radius 1 is 1.21 bits per heavy atom. The maximum absolute atomic E-state index is 2.65. The van der Waals surface area contributed by atoms with E-state index in [0.717, 1.165) is 11.8 Å². The highest BCUT2D eigenvalue weighted by Gasteiger charge is 2.38. The van der Waals surface area contributed by atoms with Crippen LogP contribution in [0.5, 0.6) is 0 Å². The molecule has 0 N–H and O–H groups in total. The molecule has 1 aromatic carbocycles. The zero-order chi connectivity index (χ0) is 11.4. The third-order valence-electron chi connectivity index (χ3n) is 4.93. The zero-order valence-electron chi connectivity index (χ0n) is 11.1. The van der Waals surface area contributed by atoms with Crippen molar-refractivity contribution in [2.45, 2.75) is 26.2 Å². The van der Waals surface area contributed by atoms with Crippen molar-refractivity contribution in [2.75, 3.05) is 38.1 Å². The van der Waals surface area contributed by atoms with Crippen LogP contribution in [-0.4, -0.2) is 46.5 Å². The monoisotopic (exact) mass is 258 g/mol. The minimum atomic E-state index is 0. The number of benzene rings is 1. The fraction of sp³-hybridized carbons (Fsp3) is 0.625. The predicted molar refractivity (Wildman–Crippen MR) is 85.3 cm³/mol. The molecule has 2 nitrogen and oxygen atoms in total. The summed E-state index contributed by atoms with van der Waals surface area (Å²) in [5, 5.41) is 0. The second kappa shape index (κ2) is 5.20. The zero-order valence-corrected chi connectivity index (χ0v) is 11.1. The molecule has 2 atom stereocenters. The minimum absolute atomic E-state index is 0. The van der Waals surface area contributed by atoms with Crippen LogP contribution in [0.1, 0.15) is 32.3 Å². The first-order valence-electron chi connectivity index (χ1n) is 6.88. The van der Waals surface area contributed by atoms with E-state index in [1.54, 1.807) is 16.8 Å².